The molecule has 0 saturated carbocycles. The Balaban J connectivity index is 1.52. The van der Waals surface area contributed by atoms with Gasteiger partial charge in [0.1, 0.15) is 5.82 Å². The van der Waals surface area contributed by atoms with Crippen molar-refractivity contribution < 1.29 is 4.79 Å². The second kappa shape index (κ2) is 8.35. The maximum atomic E-state index is 13.3. The summed E-state index contributed by atoms with van der Waals surface area (Å²) in [4.78, 5) is 23.9. The lowest BCUT2D eigenvalue weighted by Crippen LogP contribution is -2.32. The summed E-state index contributed by atoms with van der Waals surface area (Å²) in [7, 11) is 1.96. The summed E-state index contributed by atoms with van der Waals surface area (Å²) in [6, 6.07) is 16.1. The van der Waals surface area contributed by atoms with E-state index in [9.17, 15) is 4.79 Å². The number of fused-ring (bicyclic) bond motifs is 1. The highest BCUT2D eigenvalue weighted by Crippen LogP contribution is 2.21. The largest absolute Gasteiger partial charge is 0.337 e. The Labute approximate surface area is 168 Å². The van der Waals surface area contributed by atoms with E-state index < -0.39 is 0 Å². The molecule has 4 rings (SSSR count). The van der Waals surface area contributed by atoms with Crippen LogP contribution >= 0.6 is 11.3 Å². The van der Waals surface area contributed by atoms with E-state index in [-0.39, 0.29) is 5.91 Å². The van der Waals surface area contributed by atoms with Gasteiger partial charge in [-0.05, 0) is 36.6 Å². The summed E-state index contributed by atoms with van der Waals surface area (Å²) in [6.45, 7) is 1.18. The first-order chi connectivity index (χ1) is 13.7. The molecule has 0 N–H and O–H groups in total. The molecule has 0 radical (unpaired) electrons. The Kier molecular flexibility index (Phi) is 5.48. The van der Waals surface area contributed by atoms with Crippen LogP contribution in [0.4, 0.5) is 0 Å². The van der Waals surface area contributed by atoms with E-state index in [1.807, 2.05) is 52.5 Å². The standard InChI is InChI=1S/C22H22N4OS/c1-25-13-11-23-21(25)15-26(12-5-8-17-6-3-2-4-7-17)22(27)18-9-10-19-20(14-18)28-16-24-19/h2-4,6-7,9-11,13-14,16H,5,8,12,15H2,1H3. The Morgan fingerprint density at radius 3 is 2.79 bits per heavy atom. The van der Waals surface area contributed by atoms with Gasteiger partial charge >= 0.3 is 0 Å². The van der Waals surface area contributed by atoms with Gasteiger partial charge in [-0.15, -0.1) is 11.3 Å². The molecule has 2 aromatic carbocycles. The van der Waals surface area contributed by atoms with Gasteiger partial charge in [0.2, 0.25) is 0 Å². The number of aryl methyl sites for hydroxylation is 2. The van der Waals surface area contributed by atoms with Gasteiger partial charge in [-0.3, -0.25) is 4.79 Å². The third-order valence-corrected chi connectivity index (χ3v) is 5.65. The number of carbonyl (C=O) groups is 1. The minimum atomic E-state index is 0.0337. The van der Waals surface area contributed by atoms with Crippen molar-refractivity contribution in [1.82, 2.24) is 19.4 Å². The fraction of sp³-hybridized carbons (Fsp3) is 0.227. The molecule has 5 nitrogen and oxygen atoms in total. The van der Waals surface area contributed by atoms with E-state index in [0.717, 1.165) is 28.9 Å². The van der Waals surface area contributed by atoms with E-state index in [1.54, 1.807) is 17.5 Å². The van der Waals surface area contributed by atoms with Crippen molar-refractivity contribution in [2.45, 2.75) is 19.4 Å². The molecule has 0 aliphatic heterocycles. The van der Waals surface area contributed by atoms with Gasteiger partial charge in [0.15, 0.2) is 0 Å². The summed E-state index contributed by atoms with van der Waals surface area (Å²) in [6.07, 6.45) is 5.53. The summed E-state index contributed by atoms with van der Waals surface area (Å²) in [5.74, 6) is 0.915. The Morgan fingerprint density at radius 1 is 1.14 bits per heavy atom. The summed E-state index contributed by atoms with van der Waals surface area (Å²) < 4.78 is 3.00. The van der Waals surface area contributed by atoms with E-state index >= 15 is 0 Å². The van der Waals surface area contributed by atoms with Crippen LogP contribution in [0.1, 0.15) is 28.2 Å². The lowest BCUT2D eigenvalue weighted by atomic mass is 10.1. The van der Waals surface area contributed by atoms with E-state index in [4.69, 9.17) is 0 Å². The Bertz CT molecular complexity index is 1070. The zero-order valence-corrected chi connectivity index (χ0v) is 16.6. The molecule has 0 aliphatic carbocycles. The van der Waals surface area contributed by atoms with Crippen molar-refractivity contribution >= 4 is 27.5 Å². The average Bonchev–Trinajstić information content (AvgIpc) is 3.35. The van der Waals surface area contributed by atoms with Gasteiger partial charge in [0.25, 0.3) is 5.91 Å². The highest BCUT2D eigenvalue weighted by Gasteiger charge is 2.18. The van der Waals surface area contributed by atoms with Gasteiger partial charge < -0.3 is 9.47 Å². The van der Waals surface area contributed by atoms with Crippen LogP contribution in [0.2, 0.25) is 0 Å². The minimum Gasteiger partial charge on any atom is -0.337 e. The molecule has 0 unspecified atom stereocenters. The van der Waals surface area contributed by atoms with Gasteiger partial charge in [0.05, 0.1) is 22.3 Å². The molecule has 1 amide bonds. The first kappa shape index (κ1) is 18.4. The molecule has 0 aliphatic rings. The van der Waals surface area contributed by atoms with Crippen LogP contribution in [0.3, 0.4) is 0 Å². The lowest BCUT2D eigenvalue weighted by Gasteiger charge is -2.23. The number of thiazole rings is 1. The van der Waals surface area contributed by atoms with Crippen molar-refractivity contribution in [2.75, 3.05) is 6.54 Å². The number of benzene rings is 2. The van der Waals surface area contributed by atoms with E-state index in [2.05, 4.69) is 34.2 Å². The van der Waals surface area contributed by atoms with Gasteiger partial charge in [-0.1, -0.05) is 30.3 Å². The molecule has 142 valence electrons. The molecular weight excluding hydrogens is 368 g/mol. The lowest BCUT2D eigenvalue weighted by molar-refractivity contribution is 0.0736. The maximum Gasteiger partial charge on any atom is 0.254 e. The van der Waals surface area contributed by atoms with Crippen LogP contribution in [0, 0.1) is 0 Å². The van der Waals surface area contributed by atoms with Crippen LogP contribution in [0.25, 0.3) is 10.2 Å². The quantitative estimate of drug-likeness (QED) is 0.473. The SMILES string of the molecule is Cn1ccnc1CN(CCCc1ccccc1)C(=O)c1ccc2ncsc2c1. The van der Waals surface area contributed by atoms with E-state index in [1.165, 1.54) is 5.56 Å². The molecule has 2 aromatic heterocycles. The van der Waals surface area contributed by atoms with Crippen LogP contribution in [-0.4, -0.2) is 31.9 Å². The number of rotatable bonds is 7. The van der Waals surface area contributed by atoms with Crippen molar-refractivity contribution in [3.8, 4) is 0 Å². The highest BCUT2D eigenvalue weighted by atomic mass is 32.1. The maximum absolute atomic E-state index is 13.3. The smallest absolute Gasteiger partial charge is 0.254 e. The first-order valence-electron chi connectivity index (χ1n) is 9.33. The third kappa shape index (κ3) is 4.12. The minimum absolute atomic E-state index is 0.0337. The molecule has 0 saturated heterocycles. The average molecular weight is 391 g/mol. The predicted octanol–water partition coefficient (Wildman–Crippen LogP) is 4.31. The summed E-state index contributed by atoms with van der Waals surface area (Å²) >= 11 is 1.56. The highest BCUT2D eigenvalue weighted by molar-refractivity contribution is 7.16. The second-order valence-electron chi connectivity index (χ2n) is 6.81. The van der Waals surface area contributed by atoms with E-state index in [0.29, 0.717) is 18.7 Å². The number of imidazole rings is 1. The summed E-state index contributed by atoms with van der Waals surface area (Å²) in [5.41, 5.74) is 4.73. The first-order valence-corrected chi connectivity index (χ1v) is 10.2. The number of hydrogen-bond donors (Lipinski definition) is 0. The number of amides is 1. The number of hydrogen-bond acceptors (Lipinski definition) is 4. The van der Waals surface area contributed by atoms with Crippen LogP contribution in [-0.2, 0) is 20.0 Å². The summed E-state index contributed by atoms with van der Waals surface area (Å²) in [5, 5.41) is 0. The molecule has 6 heteroatoms. The molecule has 28 heavy (non-hydrogen) atoms. The number of carbonyl (C=O) groups excluding carboxylic acids is 1. The fourth-order valence-electron chi connectivity index (χ4n) is 3.26. The molecule has 0 spiro atoms. The Hall–Kier alpha value is -2.99. The molecular formula is C22H22N4OS. The molecule has 0 fully saturated rings. The topological polar surface area (TPSA) is 51.0 Å². The molecule has 2 heterocycles. The van der Waals surface area contributed by atoms with Gasteiger partial charge in [0, 0.05) is 31.5 Å². The molecule has 0 bridgehead atoms. The fourth-order valence-corrected chi connectivity index (χ4v) is 3.98. The van der Waals surface area contributed by atoms with Gasteiger partial charge in [-0.2, -0.15) is 0 Å². The normalized spacial score (nSPS) is 11.0. The van der Waals surface area contributed by atoms with Crippen LogP contribution < -0.4 is 0 Å². The van der Waals surface area contributed by atoms with Crippen LogP contribution in [0.15, 0.2) is 66.4 Å². The zero-order chi connectivity index (χ0) is 19.3. The molecule has 4 aromatic rings. The predicted molar refractivity (Wildman–Crippen MR) is 112 cm³/mol. The zero-order valence-electron chi connectivity index (χ0n) is 15.8. The second-order valence-corrected chi connectivity index (χ2v) is 7.69. The molecule has 0 atom stereocenters. The van der Waals surface area contributed by atoms with Crippen molar-refractivity contribution in [3.63, 3.8) is 0 Å². The van der Waals surface area contributed by atoms with Crippen molar-refractivity contribution in [2.24, 2.45) is 7.05 Å². The third-order valence-electron chi connectivity index (χ3n) is 4.85. The van der Waals surface area contributed by atoms with Gasteiger partial charge in [-0.25, -0.2) is 9.97 Å². The number of nitrogens with zero attached hydrogens (tertiary/aromatic N) is 4. The number of aromatic nitrogens is 3. The Morgan fingerprint density at radius 2 is 2.00 bits per heavy atom. The van der Waals surface area contributed by atoms with Crippen LogP contribution in [0.5, 0.6) is 0 Å². The van der Waals surface area contributed by atoms with Crippen molar-refractivity contribution in [3.05, 3.63) is 83.4 Å². The monoisotopic (exact) mass is 390 g/mol. The van der Waals surface area contributed by atoms with Crippen molar-refractivity contribution in [1.29, 1.82) is 0 Å².